The second-order valence-electron chi connectivity index (χ2n) is 9.44. The van der Waals surface area contributed by atoms with Crippen molar-refractivity contribution in [1.82, 2.24) is 10.2 Å². The number of terminal acetylenes is 1. The fraction of sp³-hybridized carbons (Fsp3) is 0.312. The molecule has 1 N–H and O–H groups in total. The molecule has 0 saturated carbocycles. The first kappa shape index (κ1) is 28.1. The van der Waals surface area contributed by atoms with Crippen molar-refractivity contribution in [2.24, 2.45) is 0 Å². The van der Waals surface area contributed by atoms with Gasteiger partial charge in [0, 0.05) is 6.92 Å². The summed E-state index contributed by atoms with van der Waals surface area (Å²) in [5.41, 5.74) is 2.92. The summed E-state index contributed by atoms with van der Waals surface area (Å²) in [6.45, 7) is 2.50. The maximum absolute atomic E-state index is 13.8. The van der Waals surface area contributed by atoms with E-state index in [0.29, 0.717) is 6.61 Å². The van der Waals surface area contributed by atoms with E-state index in [-0.39, 0.29) is 38.2 Å². The average molecular weight is 527 g/mol. The molecule has 202 valence electrons. The minimum Gasteiger partial charge on any atom is -0.375 e. The van der Waals surface area contributed by atoms with Gasteiger partial charge < -0.3 is 24.4 Å². The van der Waals surface area contributed by atoms with Gasteiger partial charge in [0.15, 0.2) is 0 Å². The van der Waals surface area contributed by atoms with E-state index in [1.165, 1.54) is 6.92 Å². The number of likely N-dealkylation sites (tertiary alicyclic amines) is 1. The lowest BCUT2D eigenvalue weighted by Gasteiger charge is -2.47. The monoisotopic (exact) mass is 526 g/mol. The van der Waals surface area contributed by atoms with Crippen LogP contribution in [-0.4, -0.2) is 54.2 Å². The lowest BCUT2D eigenvalue weighted by atomic mass is 9.90. The van der Waals surface area contributed by atoms with Crippen LogP contribution in [0.2, 0.25) is 0 Å². The summed E-state index contributed by atoms with van der Waals surface area (Å²) in [5, 5.41) is 2.79. The molecular formula is C32H34N2O5. The third-order valence-electron chi connectivity index (χ3n) is 6.57. The fourth-order valence-corrected chi connectivity index (χ4v) is 4.71. The normalized spacial score (nSPS) is 20.8. The Bertz CT molecular complexity index is 1230. The number of nitrogens with one attached hydrogen (secondary N) is 1. The number of ether oxygens (including phenoxy) is 3. The average Bonchev–Trinajstić information content (AvgIpc) is 2.96. The van der Waals surface area contributed by atoms with E-state index < -0.39 is 24.3 Å². The number of carbonyl (C=O) groups is 2. The lowest BCUT2D eigenvalue weighted by Crippen LogP contribution is -2.70. The van der Waals surface area contributed by atoms with Crippen molar-refractivity contribution in [1.29, 1.82) is 0 Å². The molecule has 39 heavy (non-hydrogen) atoms. The molecule has 0 bridgehead atoms. The number of rotatable bonds is 12. The van der Waals surface area contributed by atoms with Gasteiger partial charge in [-0.1, -0.05) is 96.9 Å². The van der Waals surface area contributed by atoms with Crippen LogP contribution in [0.1, 0.15) is 23.6 Å². The molecule has 0 spiro atoms. The van der Waals surface area contributed by atoms with Crippen LogP contribution in [-0.2, 0) is 43.6 Å². The zero-order chi connectivity index (χ0) is 27.5. The highest BCUT2D eigenvalue weighted by Crippen LogP contribution is 2.28. The minimum atomic E-state index is -0.967. The summed E-state index contributed by atoms with van der Waals surface area (Å²) in [7, 11) is 0. The van der Waals surface area contributed by atoms with Gasteiger partial charge in [0.2, 0.25) is 11.8 Å². The van der Waals surface area contributed by atoms with Crippen molar-refractivity contribution in [3.63, 3.8) is 0 Å². The summed E-state index contributed by atoms with van der Waals surface area (Å²) in [6, 6.07) is 27.7. The van der Waals surface area contributed by atoms with E-state index in [1.807, 2.05) is 91.0 Å². The van der Waals surface area contributed by atoms with Gasteiger partial charge in [-0.25, -0.2) is 0 Å². The smallest absolute Gasteiger partial charge is 0.249 e. The highest BCUT2D eigenvalue weighted by molar-refractivity contribution is 5.89. The molecule has 1 aliphatic heterocycles. The number of amides is 2. The van der Waals surface area contributed by atoms with Gasteiger partial charge in [0.25, 0.3) is 0 Å². The molecule has 1 fully saturated rings. The molecule has 1 aliphatic rings. The first-order valence-electron chi connectivity index (χ1n) is 13.0. The number of hydrogen-bond acceptors (Lipinski definition) is 5. The van der Waals surface area contributed by atoms with Crippen LogP contribution in [0.5, 0.6) is 0 Å². The van der Waals surface area contributed by atoms with E-state index >= 15 is 0 Å². The Labute approximate surface area is 230 Å². The van der Waals surface area contributed by atoms with Crippen LogP contribution in [0.4, 0.5) is 0 Å². The number of hydrogen-bond donors (Lipinski definition) is 1. The zero-order valence-corrected chi connectivity index (χ0v) is 22.1. The Balaban J connectivity index is 1.64. The van der Waals surface area contributed by atoms with Crippen molar-refractivity contribution < 1.29 is 23.8 Å². The highest BCUT2D eigenvalue weighted by atomic mass is 16.5. The summed E-state index contributed by atoms with van der Waals surface area (Å²) >= 11 is 0. The van der Waals surface area contributed by atoms with Gasteiger partial charge >= 0.3 is 0 Å². The third-order valence-corrected chi connectivity index (χ3v) is 6.57. The van der Waals surface area contributed by atoms with Crippen LogP contribution in [0.3, 0.4) is 0 Å². The van der Waals surface area contributed by atoms with Crippen molar-refractivity contribution >= 4 is 11.8 Å². The summed E-state index contributed by atoms with van der Waals surface area (Å²) in [6.07, 6.45) is 4.28. The lowest BCUT2D eigenvalue weighted by molar-refractivity contribution is -0.184. The van der Waals surface area contributed by atoms with Crippen molar-refractivity contribution in [2.75, 3.05) is 13.2 Å². The topological polar surface area (TPSA) is 77.1 Å². The van der Waals surface area contributed by atoms with Gasteiger partial charge in [-0.05, 0) is 16.7 Å². The number of piperidine rings is 1. The number of nitrogens with zero attached hydrogens (tertiary/aromatic N) is 1. The standard InChI is InChI=1S/C32H34N2O5/c1-3-19-34-28(23-37-20-25-13-7-4-8-14-25)30(38-21-26-15-9-5-10-16-26)31(29(32(34)36)33-24(2)35)39-22-27-17-11-6-12-18-27/h1,4-18,28-31H,19-23H2,2H3,(H,33,35)/t28-,29-,30-,31-/m1/s1. The molecule has 1 saturated heterocycles. The first-order valence-corrected chi connectivity index (χ1v) is 13.0. The summed E-state index contributed by atoms with van der Waals surface area (Å²) < 4.78 is 19.0. The first-order chi connectivity index (χ1) is 19.1. The van der Waals surface area contributed by atoms with Gasteiger partial charge in [0.1, 0.15) is 18.2 Å². The van der Waals surface area contributed by atoms with Gasteiger partial charge in [-0.3, -0.25) is 9.59 Å². The minimum absolute atomic E-state index is 0.0465. The van der Waals surface area contributed by atoms with Gasteiger partial charge in [-0.2, -0.15) is 0 Å². The summed E-state index contributed by atoms with van der Waals surface area (Å²) in [4.78, 5) is 27.5. The maximum Gasteiger partial charge on any atom is 0.249 e. The molecule has 4 rings (SSSR count). The molecule has 0 aliphatic carbocycles. The van der Waals surface area contributed by atoms with E-state index in [0.717, 1.165) is 16.7 Å². The van der Waals surface area contributed by atoms with Crippen LogP contribution in [0, 0.1) is 12.3 Å². The van der Waals surface area contributed by atoms with E-state index in [4.69, 9.17) is 20.6 Å². The quantitative estimate of drug-likeness (QED) is 0.364. The maximum atomic E-state index is 13.8. The largest absolute Gasteiger partial charge is 0.375 e. The Morgan fingerprint density at radius 1 is 0.821 bits per heavy atom. The molecular weight excluding hydrogens is 492 g/mol. The number of carbonyl (C=O) groups excluding carboxylic acids is 2. The Kier molecular flexibility index (Phi) is 10.3. The fourth-order valence-electron chi connectivity index (χ4n) is 4.71. The van der Waals surface area contributed by atoms with Crippen LogP contribution < -0.4 is 5.32 Å². The van der Waals surface area contributed by atoms with E-state index in [9.17, 15) is 9.59 Å². The molecule has 3 aromatic rings. The van der Waals surface area contributed by atoms with Crippen molar-refractivity contribution in [3.05, 3.63) is 108 Å². The predicted molar refractivity (Wildman–Crippen MR) is 148 cm³/mol. The molecule has 2 amide bonds. The zero-order valence-electron chi connectivity index (χ0n) is 22.1. The van der Waals surface area contributed by atoms with E-state index in [2.05, 4.69) is 11.2 Å². The number of benzene rings is 3. The van der Waals surface area contributed by atoms with Gasteiger partial charge in [0.05, 0.1) is 39.0 Å². The Hall–Kier alpha value is -3.96. The second-order valence-corrected chi connectivity index (χ2v) is 9.44. The van der Waals surface area contributed by atoms with Crippen molar-refractivity contribution in [2.45, 2.75) is 51.0 Å². The van der Waals surface area contributed by atoms with E-state index in [1.54, 1.807) is 4.90 Å². The molecule has 0 radical (unpaired) electrons. The third kappa shape index (κ3) is 7.78. The predicted octanol–water partition coefficient (Wildman–Crippen LogP) is 3.72. The molecule has 7 heteroatoms. The second kappa shape index (κ2) is 14.3. The van der Waals surface area contributed by atoms with Gasteiger partial charge in [-0.15, -0.1) is 6.42 Å². The van der Waals surface area contributed by atoms with Crippen molar-refractivity contribution in [3.8, 4) is 12.3 Å². The molecule has 1 heterocycles. The Morgan fingerprint density at radius 2 is 1.31 bits per heavy atom. The Morgan fingerprint density at radius 3 is 1.79 bits per heavy atom. The molecule has 7 nitrogen and oxygen atoms in total. The molecule has 0 unspecified atom stereocenters. The molecule has 4 atom stereocenters. The summed E-state index contributed by atoms with van der Waals surface area (Å²) in [5.74, 6) is 1.92. The van der Waals surface area contributed by atoms with Crippen LogP contribution in [0.25, 0.3) is 0 Å². The molecule has 0 aromatic heterocycles. The highest BCUT2D eigenvalue weighted by Gasteiger charge is 2.50. The SMILES string of the molecule is C#CCN1C(=O)[C@H](NC(C)=O)[C@@H](OCc2ccccc2)[C@H](OCc2ccccc2)[C@H]1COCc1ccccc1. The van der Waals surface area contributed by atoms with Crippen LogP contribution >= 0.6 is 0 Å². The molecule has 3 aromatic carbocycles. The van der Waals surface area contributed by atoms with Crippen LogP contribution in [0.15, 0.2) is 91.0 Å².